The summed E-state index contributed by atoms with van der Waals surface area (Å²) in [5, 5.41) is 0.753. The van der Waals surface area contributed by atoms with E-state index in [0.29, 0.717) is 6.42 Å². The third-order valence-corrected chi connectivity index (χ3v) is 2.99. The molecule has 15 heavy (non-hydrogen) atoms. The van der Waals surface area contributed by atoms with E-state index in [0.717, 1.165) is 44.3 Å². The van der Waals surface area contributed by atoms with Gasteiger partial charge in [-0.2, -0.15) is 0 Å². The summed E-state index contributed by atoms with van der Waals surface area (Å²) in [7, 11) is 0. The molecule has 1 heterocycles. The van der Waals surface area contributed by atoms with Gasteiger partial charge in [0.05, 0.1) is 6.10 Å². The Morgan fingerprint density at radius 2 is 2.40 bits per heavy atom. The zero-order valence-electron chi connectivity index (χ0n) is 9.38. The normalized spacial score (nSPS) is 21.7. The highest BCUT2D eigenvalue weighted by molar-refractivity contribution is 9.09. The van der Waals surface area contributed by atoms with Gasteiger partial charge in [0.1, 0.15) is 0 Å². The highest BCUT2D eigenvalue weighted by Crippen LogP contribution is 2.14. The lowest BCUT2D eigenvalue weighted by molar-refractivity contribution is -0.134. The summed E-state index contributed by atoms with van der Waals surface area (Å²) in [4.78, 5) is 13.6. The number of amides is 1. The SMILES string of the molecule is CCCOC1CCCN(C(=O)CCBr)C1. The number of alkyl halides is 1. The van der Waals surface area contributed by atoms with E-state index in [-0.39, 0.29) is 12.0 Å². The predicted octanol–water partition coefficient (Wildman–Crippen LogP) is 2.19. The summed E-state index contributed by atoms with van der Waals surface area (Å²) in [5.74, 6) is 0.247. The van der Waals surface area contributed by atoms with E-state index in [1.165, 1.54) is 0 Å². The molecule has 0 aromatic heterocycles. The van der Waals surface area contributed by atoms with Gasteiger partial charge in [-0.3, -0.25) is 4.79 Å². The van der Waals surface area contributed by atoms with Crippen molar-refractivity contribution in [3.8, 4) is 0 Å². The number of nitrogens with zero attached hydrogens (tertiary/aromatic N) is 1. The minimum atomic E-state index is 0.247. The molecule has 0 aromatic rings. The third-order valence-electron chi connectivity index (χ3n) is 2.60. The second kappa shape index (κ2) is 7.23. The fraction of sp³-hybridized carbons (Fsp3) is 0.909. The van der Waals surface area contributed by atoms with Crippen LogP contribution in [0.2, 0.25) is 0 Å². The lowest BCUT2D eigenvalue weighted by Crippen LogP contribution is -2.43. The van der Waals surface area contributed by atoms with Crippen LogP contribution in [0, 0.1) is 0 Å². The van der Waals surface area contributed by atoms with Gasteiger partial charge in [-0.15, -0.1) is 0 Å². The third kappa shape index (κ3) is 4.51. The molecular formula is C11H20BrNO2. The van der Waals surface area contributed by atoms with Crippen molar-refractivity contribution in [3.63, 3.8) is 0 Å². The molecule has 1 aliphatic heterocycles. The van der Waals surface area contributed by atoms with Gasteiger partial charge in [0.2, 0.25) is 5.91 Å². The quantitative estimate of drug-likeness (QED) is 0.721. The molecule has 1 unspecified atom stereocenters. The number of ether oxygens (including phenoxy) is 1. The molecule has 3 nitrogen and oxygen atoms in total. The lowest BCUT2D eigenvalue weighted by atomic mass is 10.1. The fourth-order valence-corrected chi connectivity index (χ4v) is 2.16. The predicted molar refractivity (Wildman–Crippen MR) is 64.3 cm³/mol. The Morgan fingerprint density at radius 3 is 3.07 bits per heavy atom. The van der Waals surface area contributed by atoms with Crippen molar-refractivity contribution >= 4 is 21.8 Å². The van der Waals surface area contributed by atoms with Gasteiger partial charge >= 0.3 is 0 Å². The molecule has 0 aliphatic carbocycles. The van der Waals surface area contributed by atoms with Crippen LogP contribution in [0.1, 0.15) is 32.6 Å². The minimum Gasteiger partial charge on any atom is -0.376 e. The lowest BCUT2D eigenvalue weighted by Gasteiger charge is -2.32. The first-order valence-corrected chi connectivity index (χ1v) is 6.85. The Kier molecular flexibility index (Phi) is 6.25. The van der Waals surface area contributed by atoms with Crippen molar-refractivity contribution in [1.82, 2.24) is 4.90 Å². The van der Waals surface area contributed by atoms with E-state index in [1.54, 1.807) is 0 Å². The summed E-state index contributed by atoms with van der Waals surface area (Å²) in [6.45, 7) is 4.60. The van der Waals surface area contributed by atoms with Gasteiger partial charge in [-0.1, -0.05) is 22.9 Å². The molecule has 1 aliphatic rings. The molecule has 0 saturated carbocycles. The van der Waals surface area contributed by atoms with E-state index in [9.17, 15) is 4.79 Å². The van der Waals surface area contributed by atoms with E-state index in [2.05, 4.69) is 22.9 Å². The molecule has 1 amide bonds. The van der Waals surface area contributed by atoms with Gasteiger partial charge in [0.15, 0.2) is 0 Å². The van der Waals surface area contributed by atoms with Crippen LogP contribution in [0.15, 0.2) is 0 Å². The summed E-state index contributed by atoms with van der Waals surface area (Å²) in [6, 6.07) is 0. The summed E-state index contributed by atoms with van der Waals surface area (Å²) in [5.41, 5.74) is 0. The van der Waals surface area contributed by atoms with Crippen LogP contribution < -0.4 is 0 Å². The van der Waals surface area contributed by atoms with Gasteiger partial charge in [-0.25, -0.2) is 0 Å². The molecule has 1 rings (SSSR count). The van der Waals surface area contributed by atoms with Crippen molar-refractivity contribution in [3.05, 3.63) is 0 Å². The van der Waals surface area contributed by atoms with Crippen molar-refractivity contribution in [2.75, 3.05) is 25.0 Å². The second-order valence-electron chi connectivity index (χ2n) is 3.91. The smallest absolute Gasteiger partial charge is 0.223 e. The fourth-order valence-electron chi connectivity index (χ4n) is 1.82. The summed E-state index contributed by atoms with van der Waals surface area (Å²) < 4.78 is 5.69. The highest BCUT2D eigenvalue weighted by atomic mass is 79.9. The van der Waals surface area contributed by atoms with Crippen molar-refractivity contribution in [2.24, 2.45) is 0 Å². The molecule has 0 N–H and O–H groups in total. The maximum atomic E-state index is 11.7. The summed E-state index contributed by atoms with van der Waals surface area (Å²) >= 11 is 3.29. The standard InChI is InChI=1S/C11H20BrNO2/c1-2-8-15-10-4-3-7-13(9-10)11(14)5-6-12/h10H,2-9H2,1H3. The second-order valence-corrected chi connectivity index (χ2v) is 4.71. The van der Waals surface area contributed by atoms with Crippen LogP contribution in [-0.4, -0.2) is 41.9 Å². The van der Waals surface area contributed by atoms with Crippen molar-refractivity contribution < 1.29 is 9.53 Å². The summed E-state index contributed by atoms with van der Waals surface area (Å²) in [6.07, 6.45) is 4.07. The van der Waals surface area contributed by atoms with Crippen LogP contribution in [-0.2, 0) is 9.53 Å². The highest BCUT2D eigenvalue weighted by Gasteiger charge is 2.23. The Hall–Kier alpha value is -0.0900. The van der Waals surface area contributed by atoms with Crippen LogP contribution in [0.4, 0.5) is 0 Å². The average Bonchev–Trinajstić information content (AvgIpc) is 2.27. The zero-order valence-corrected chi connectivity index (χ0v) is 11.0. The van der Waals surface area contributed by atoms with Gasteiger partial charge < -0.3 is 9.64 Å². The largest absolute Gasteiger partial charge is 0.376 e. The molecule has 88 valence electrons. The molecular weight excluding hydrogens is 258 g/mol. The van der Waals surface area contributed by atoms with Crippen LogP contribution in [0.3, 0.4) is 0 Å². The molecule has 0 bridgehead atoms. The Bertz CT molecular complexity index is 199. The van der Waals surface area contributed by atoms with Crippen LogP contribution in [0.5, 0.6) is 0 Å². The molecule has 0 aromatic carbocycles. The maximum Gasteiger partial charge on any atom is 0.223 e. The number of hydrogen-bond donors (Lipinski definition) is 0. The number of likely N-dealkylation sites (tertiary alicyclic amines) is 1. The number of halogens is 1. The van der Waals surface area contributed by atoms with Gasteiger partial charge in [0, 0.05) is 31.4 Å². The number of hydrogen-bond acceptors (Lipinski definition) is 2. The minimum absolute atomic E-state index is 0.247. The first-order chi connectivity index (χ1) is 7.27. The Labute approximate surface area is 100 Å². The Morgan fingerprint density at radius 1 is 1.60 bits per heavy atom. The molecule has 0 radical (unpaired) electrons. The molecule has 0 spiro atoms. The average molecular weight is 278 g/mol. The van der Waals surface area contributed by atoms with Crippen molar-refractivity contribution in [2.45, 2.75) is 38.7 Å². The van der Waals surface area contributed by atoms with Crippen molar-refractivity contribution in [1.29, 1.82) is 0 Å². The molecule has 4 heteroatoms. The zero-order chi connectivity index (χ0) is 11.1. The van der Waals surface area contributed by atoms with E-state index >= 15 is 0 Å². The van der Waals surface area contributed by atoms with E-state index < -0.39 is 0 Å². The number of carbonyl (C=O) groups excluding carboxylic acids is 1. The number of carbonyl (C=O) groups is 1. The van der Waals surface area contributed by atoms with E-state index in [1.807, 2.05) is 4.90 Å². The monoisotopic (exact) mass is 277 g/mol. The Balaban J connectivity index is 2.31. The first kappa shape index (κ1) is 13.0. The topological polar surface area (TPSA) is 29.5 Å². The van der Waals surface area contributed by atoms with Gasteiger partial charge in [-0.05, 0) is 19.3 Å². The van der Waals surface area contributed by atoms with Crippen LogP contribution >= 0.6 is 15.9 Å². The number of piperidine rings is 1. The first-order valence-electron chi connectivity index (χ1n) is 5.73. The number of rotatable bonds is 5. The van der Waals surface area contributed by atoms with Gasteiger partial charge in [0.25, 0.3) is 0 Å². The maximum absolute atomic E-state index is 11.7. The molecule has 1 atom stereocenters. The van der Waals surface area contributed by atoms with Crippen LogP contribution in [0.25, 0.3) is 0 Å². The van der Waals surface area contributed by atoms with E-state index in [4.69, 9.17) is 4.74 Å². The molecule has 1 fully saturated rings. The molecule has 1 saturated heterocycles.